The van der Waals surface area contributed by atoms with Crippen LogP contribution in [0.5, 0.6) is 5.75 Å². The summed E-state index contributed by atoms with van der Waals surface area (Å²) in [6, 6.07) is 3.34. The van der Waals surface area contributed by atoms with E-state index in [2.05, 4.69) is 4.74 Å². The number of alkyl halides is 2. The second-order valence-electron chi connectivity index (χ2n) is 3.91. The Balaban J connectivity index is 3.47. The second kappa shape index (κ2) is 5.61. The molecule has 0 radical (unpaired) electrons. The lowest BCUT2D eigenvalue weighted by Gasteiger charge is -2.15. The Morgan fingerprint density at radius 3 is 2.24 bits per heavy atom. The highest BCUT2D eigenvalue weighted by Gasteiger charge is 2.24. The van der Waals surface area contributed by atoms with E-state index in [0.29, 0.717) is 11.1 Å². The van der Waals surface area contributed by atoms with E-state index in [9.17, 15) is 9.90 Å². The first-order chi connectivity index (χ1) is 7.90. The van der Waals surface area contributed by atoms with E-state index in [0.717, 1.165) is 0 Å². The zero-order valence-corrected chi connectivity index (χ0v) is 11.3. The number of esters is 1. The molecule has 0 fully saturated rings. The van der Waals surface area contributed by atoms with Crippen molar-refractivity contribution in [3.63, 3.8) is 0 Å². The second-order valence-corrected chi connectivity index (χ2v) is 5.01. The summed E-state index contributed by atoms with van der Waals surface area (Å²) in [4.78, 5) is 10.7. The predicted octanol–water partition coefficient (Wildman–Crippen LogP) is 3.78. The highest BCUT2D eigenvalue weighted by Crippen LogP contribution is 2.37. The van der Waals surface area contributed by atoms with E-state index >= 15 is 0 Å². The van der Waals surface area contributed by atoms with E-state index in [1.807, 2.05) is 13.8 Å². The molecule has 1 aromatic carbocycles. The molecule has 0 aromatic heterocycles. The van der Waals surface area contributed by atoms with Crippen molar-refractivity contribution in [1.29, 1.82) is 0 Å². The zero-order valence-electron chi connectivity index (χ0n) is 9.83. The summed E-state index contributed by atoms with van der Waals surface area (Å²) in [5.74, 6) is -0.682. The van der Waals surface area contributed by atoms with Gasteiger partial charge in [0, 0.05) is 5.56 Å². The average molecular weight is 277 g/mol. The molecule has 5 heteroatoms. The molecule has 0 atom stereocenters. The number of methoxy groups -OCH3 is 1. The Labute approximate surface area is 110 Å². The summed E-state index contributed by atoms with van der Waals surface area (Å²) in [5.41, 5.74) is 1.04. The van der Waals surface area contributed by atoms with Crippen LogP contribution in [0.4, 0.5) is 0 Å². The maximum Gasteiger partial charge on any atom is 0.342 e. The van der Waals surface area contributed by atoms with Gasteiger partial charge in [-0.05, 0) is 11.5 Å². The Bertz CT molecular complexity index is 428. The van der Waals surface area contributed by atoms with Crippen LogP contribution in [0.15, 0.2) is 12.1 Å². The van der Waals surface area contributed by atoms with Gasteiger partial charge >= 0.3 is 5.97 Å². The summed E-state index contributed by atoms with van der Waals surface area (Å²) in [6.45, 7) is 3.82. The minimum atomic E-state index is -0.892. The van der Waals surface area contributed by atoms with Gasteiger partial charge in [0.25, 0.3) is 0 Å². The lowest BCUT2D eigenvalue weighted by Crippen LogP contribution is -2.08. The SMILES string of the molecule is COC(=O)c1c(C(Cl)Cl)ccc(C(C)C)c1O. The number of carbonyl (C=O) groups is 1. The monoisotopic (exact) mass is 276 g/mol. The Kier molecular flexibility index (Phi) is 4.66. The molecule has 17 heavy (non-hydrogen) atoms. The van der Waals surface area contributed by atoms with Gasteiger partial charge in [0.15, 0.2) is 0 Å². The van der Waals surface area contributed by atoms with Crippen LogP contribution >= 0.6 is 23.2 Å². The van der Waals surface area contributed by atoms with Gasteiger partial charge < -0.3 is 9.84 Å². The fourth-order valence-corrected chi connectivity index (χ4v) is 1.95. The quantitative estimate of drug-likeness (QED) is 0.675. The third-order valence-electron chi connectivity index (χ3n) is 2.49. The van der Waals surface area contributed by atoms with Gasteiger partial charge in [-0.3, -0.25) is 0 Å². The lowest BCUT2D eigenvalue weighted by atomic mass is 9.96. The standard InChI is InChI=1S/C12H14Cl2O3/c1-6(2)7-4-5-8(11(13)14)9(10(7)15)12(16)17-3/h4-6,11,15H,1-3H3. The molecular formula is C12H14Cl2O3. The summed E-state index contributed by atoms with van der Waals surface area (Å²) in [7, 11) is 1.24. The maximum absolute atomic E-state index is 11.6. The number of ether oxygens (including phenoxy) is 1. The van der Waals surface area contributed by atoms with E-state index in [1.165, 1.54) is 7.11 Å². The lowest BCUT2D eigenvalue weighted by molar-refractivity contribution is 0.0596. The van der Waals surface area contributed by atoms with Crippen LogP contribution in [0, 0.1) is 0 Å². The smallest absolute Gasteiger partial charge is 0.342 e. The van der Waals surface area contributed by atoms with Gasteiger partial charge in [0.05, 0.1) is 7.11 Å². The van der Waals surface area contributed by atoms with Crippen molar-refractivity contribution in [2.24, 2.45) is 0 Å². The van der Waals surface area contributed by atoms with Crippen LogP contribution in [0.25, 0.3) is 0 Å². The van der Waals surface area contributed by atoms with E-state index in [4.69, 9.17) is 23.2 Å². The van der Waals surface area contributed by atoms with Gasteiger partial charge in [-0.2, -0.15) is 0 Å². The molecule has 0 heterocycles. The number of halogens is 2. The topological polar surface area (TPSA) is 46.5 Å². The summed E-state index contributed by atoms with van der Waals surface area (Å²) in [5, 5.41) is 10.1. The normalized spacial score (nSPS) is 11.0. The van der Waals surface area contributed by atoms with Gasteiger partial charge in [-0.25, -0.2) is 4.79 Å². The molecule has 1 aromatic rings. The molecule has 3 nitrogen and oxygen atoms in total. The highest BCUT2D eigenvalue weighted by molar-refractivity contribution is 6.44. The third kappa shape index (κ3) is 2.85. The summed E-state index contributed by atoms with van der Waals surface area (Å²) < 4.78 is 4.63. The van der Waals surface area contributed by atoms with E-state index in [-0.39, 0.29) is 17.2 Å². The van der Waals surface area contributed by atoms with Gasteiger partial charge in [0.2, 0.25) is 0 Å². The van der Waals surface area contributed by atoms with Crippen molar-refractivity contribution in [1.82, 2.24) is 0 Å². The van der Waals surface area contributed by atoms with Crippen LogP contribution in [0.3, 0.4) is 0 Å². The third-order valence-corrected chi connectivity index (χ3v) is 2.96. The zero-order chi connectivity index (χ0) is 13.2. The fraction of sp³-hybridized carbons (Fsp3) is 0.417. The molecule has 0 aliphatic heterocycles. The van der Waals surface area contributed by atoms with E-state index in [1.54, 1.807) is 12.1 Å². The fourth-order valence-electron chi connectivity index (χ4n) is 1.59. The number of rotatable bonds is 3. The predicted molar refractivity (Wildman–Crippen MR) is 68.0 cm³/mol. The minimum absolute atomic E-state index is 0.0358. The van der Waals surface area contributed by atoms with Crippen LogP contribution in [-0.2, 0) is 4.74 Å². The molecule has 1 rings (SSSR count). The molecule has 0 aliphatic rings. The van der Waals surface area contributed by atoms with Gasteiger partial charge in [0.1, 0.15) is 16.1 Å². The number of carbonyl (C=O) groups excluding carboxylic acids is 1. The summed E-state index contributed by atoms with van der Waals surface area (Å²) >= 11 is 11.5. The number of hydrogen-bond donors (Lipinski definition) is 1. The van der Waals surface area contributed by atoms with Crippen molar-refractivity contribution < 1.29 is 14.6 Å². The van der Waals surface area contributed by atoms with Crippen LogP contribution in [0.1, 0.15) is 46.1 Å². The number of hydrogen-bond acceptors (Lipinski definition) is 3. The van der Waals surface area contributed by atoms with Gasteiger partial charge in [-0.1, -0.05) is 26.0 Å². The number of phenols is 1. The van der Waals surface area contributed by atoms with Crippen molar-refractivity contribution >= 4 is 29.2 Å². The molecule has 0 spiro atoms. The molecule has 0 amide bonds. The van der Waals surface area contributed by atoms with E-state index < -0.39 is 10.8 Å². The minimum Gasteiger partial charge on any atom is -0.507 e. The Morgan fingerprint density at radius 1 is 1.29 bits per heavy atom. The first kappa shape index (κ1) is 14.1. The largest absolute Gasteiger partial charge is 0.507 e. The molecule has 0 bridgehead atoms. The van der Waals surface area contributed by atoms with Crippen LogP contribution < -0.4 is 0 Å². The molecule has 0 aliphatic carbocycles. The Morgan fingerprint density at radius 2 is 1.82 bits per heavy atom. The number of aromatic hydroxyl groups is 1. The highest BCUT2D eigenvalue weighted by atomic mass is 35.5. The van der Waals surface area contributed by atoms with Crippen LogP contribution in [-0.4, -0.2) is 18.2 Å². The number of benzene rings is 1. The van der Waals surface area contributed by atoms with Crippen LogP contribution in [0.2, 0.25) is 0 Å². The van der Waals surface area contributed by atoms with Crippen molar-refractivity contribution in [2.45, 2.75) is 24.6 Å². The molecule has 1 N–H and O–H groups in total. The Hall–Kier alpha value is -0.930. The molecule has 0 unspecified atom stereocenters. The maximum atomic E-state index is 11.6. The molecule has 0 saturated carbocycles. The van der Waals surface area contributed by atoms with Gasteiger partial charge in [-0.15, -0.1) is 23.2 Å². The molecule has 0 saturated heterocycles. The first-order valence-electron chi connectivity index (χ1n) is 5.12. The van der Waals surface area contributed by atoms with Crippen molar-refractivity contribution in [3.8, 4) is 5.75 Å². The average Bonchev–Trinajstić information content (AvgIpc) is 2.26. The van der Waals surface area contributed by atoms with Crippen molar-refractivity contribution in [3.05, 3.63) is 28.8 Å². The molecule has 94 valence electrons. The molecular weight excluding hydrogens is 263 g/mol. The first-order valence-corrected chi connectivity index (χ1v) is 5.99. The summed E-state index contributed by atoms with van der Waals surface area (Å²) in [6.07, 6.45) is 0. The van der Waals surface area contributed by atoms with Crippen molar-refractivity contribution in [2.75, 3.05) is 7.11 Å². The number of phenolic OH excluding ortho intramolecular Hbond substituents is 1.